The first-order chi connectivity index (χ1) is 13.0. The monoisotopic (exact) mass is 367 g/mol. The molecule has 2 aromatic rings. The molecule has 0 unspecified atom stereocenters. The summed E-state index contributed by atoms with van der Waals surface area (Å²) >= 11 is 0. The molecule has 7 heteroatoms. The molecule has 0 aliphatic carbocycles. The van der Waals surface area contributed by atoms with Crippen LogP contribution in [0.5, 0.6) is 11.5 Å². The summed E-state index contributed by atoms with van der Waals surface area (Å²) in [5.41, 5.74) is 1.34. The summed E-state index contributed by atoms with van der Waals surface area (Å²) in [6, 6.07) is 13.9. The minimum absolute atomic E-state index is 0.0553. The van der Waals surface area contributed by atoms with E-state index in [0.29, 0.717) is 28.4 Å². The van der Waals surface area contributed by atoms with Crippen molar-refractivity contribution in [2.75, 3.05) is 31.0 Å². The van der Waals surface area contributed by atoms with Gasteiger partial charge in [0.2, 0.25) is 11.8 Å². The first kappa shape index (κ1) is 19.8. The van der Waals surface area contributed by atoms with E-state index in [4.69, 9.17) is 14.7 Å². The number of carbonyl (C=O) groups excluding carboxylic acids is 2. The number of methoxy groups -OCH3 is 2. The third-order valence-electron chi connectivity index (χ3n) is 3.94. The average Bonchev–Trinajstić information content (AvgIpc) is 2.68. The molecule has 0 aliphatic rings. The second-order valence-electron chi connectivity index (χ2n) is 5.66. The van der Waals surface area contributed by atoms with Crippen LogP contribution in [0.2, 0.25) is 0 Å². The molecule has 0 saturated carbocycles. The van der Waals surface area contributed by atoms with Gasteiger partial charge in [-0.2, -0.15) is 5.26 Å². The van der Waals surface area contributed by atoms with Crippen molar-refractivity contribution in [2.24, 2.45) is 0 Å². The van der Waals surface area contributed by atoms with Crippen molar-refractivity contribution in [1.29, 1.82) is 5.26 Å². The number of carbonyl (C=O) groups is 2. The molecular weight excluding hydrogens is 346 g/mol. The first-order valence-corrected chi connectivity index (χ1v) is 8.29. The van der Waals surface area contributed by atoms with E-state index in [2.05, 4.69) is 5.32 Å². The first-order valence-electron chi connectivity index (χ1n) is 8.29. The molecule has 2 amide bonds. The van der Waals surface area contributed by atoms with E-state index < -0.39 is 0 Å². The second-order valence-corrected chi connectivity index (χ2v) is 5.66. The fourth-order valence-electron chi connectivity index (χ4n) is 2.57. The Morgan fingerprint density at radius 3 is 2.52 bits per heavy atom. The molecule has 0 saturated heterocycles. The number of benzene rings is 2. The Morgan fingerprint density at radius 2 is 1.89 bits per heavy atom. The summed E-state index contributed by atoms with van der Waals surface area (Å²) < 4.78 is 10.5. The normalized spacial score (nSPS) is 9.85. The molecule has 7 nitrogen and oxygen atoms in total. The molecule has 0 fully saturated rings. The lowest BCUT2D eigenvalue weighted by Gasteiger charge is -2.23. The van der Waals surface area contributed by atoms with Crippen LogP contribution in [0, 0.1) is 11.3 Å². The Kier molecular flexibility index (Phi) is 6.78. The Labute approximate surface area is 158 Å². The predicted molar refractivity (Wildman–Crippen MR) is 102 cm³/mol. The van der Waals surface area contributed by atoms with Crippen molar-refractivity contribution in [3.8, 4) is 17.6 Å². The molecular formula is C20H21N3O4. The van der Waals surface area contributed by atoms with Crippen LogP contribution in [-0.2, 0) is 9.59 Å². The van der Waals surface area contributed by atoms with Crippen LogP contribution < -0.4 is 19.7 Å². The molecule has 1 N–H and O–H groups in total. The van der Waals surface area contributed by atoms with Gasteiger partial charge in [-0.15, -0.1) is 0 Å². The van der Waals surface area contributed by atoms with Crippen molar-refractivity contribution in [3.05, 3.63) is 48.0 Å². The van der Waals surface area contributed by atoms with Crippen LogP contribution in [0.1, 0.15) is 18.9 Å². The van der Waals surface area contributed by atoms with Gasteiger partial charge in [0.1, 0.15) is 17.6 Å². The lowest BCUT2D eigenvalue weighted by atomic mass is 10.2. The maximum Gasteiger partial charge on any atom is 0.226 e. The topological polar surface area (TPSA) is 91.7 Å². The Hall–Kier alpha value is -3.53. The number of rotatable bonds is 7. The third kappa shape index (κ3) is 4.98. The zero-order valence-corrected chi connectivity index (χ0v) is 15.5. The summed E-state index contributed by atoms with van der Waals surface area (Å²) in [7, 11) is 3.04. The highest BCUT2D eigenvalue weighted by atomic mass is 16.5. The Balaban J connectivity index is 2.15. The van der Waals surface area contributed by atoms with Crippen molar-refractivity contribution in [3.63, 3.8) is 0 Å². The second kappa shape index (κ2) is 9.25. The van der Waals surface area contributed by atoms with Crippen LogP contribution in [0.3, 0.4) is 0 Å². The fourth-order valence-corrected chi connectivity index (χ4v) is 2.57. The van der Waals surface area contributed by atoms with Crippen LogP contribution in [0.4, 0.5) is 11.4 Å². The summed E-state index contributed by atoms with van der Waals surface area (Å²) in [4.78, 5) is 25.9. The molecule has 0 radical (unpaired) electrons. The highest BCUT2D eigenvalue weighted by Gasteiger charge is 2.19. The summed E-state index contributed by atoms with van der Waals surface area (Å²) in [5, 5.41) is 11.8. The lowest BCUT2D eigenvalue weighted by Crippen LogP contribution is -2.32. The van der Waals surface area contributed by atoms with E-state index in [-0.39, 0.29) is 24.8 Å². The van der Waals surface area contributed by atoms with Crippen LogP contribution in [-0.4, -0.2) is 32.6 Å². The molecule has 0 aliphatic heterocycles. The van der Waals surface area contributed by atoms with Gasteiger partial charge in [-0.05, 0) is 24.3 Å². The average molecular weight is 367 g/mol. The molecule has 2 rings (SSSR count). The summed E-state index contributed by atoms with van der Waals surface area (Å²) in [5.74, 6) is 0.545. The quantitative estimate of drug-likeness (QED) is 0.812. The number of ether oxygens (including phenoxy) is 2. The van der Waals surface area contributed by atoms with Gasteiger partial charge in [0, 0.05) is 26.0 Å². The van der Waals surface area contributed by atoms with E-state index in [1.54, 1.807) is 42.5 Å². The van der Waals surface area contributed by atoms with Crippen LogP contribution in [0.15, 0.2) is 42.5 Å². The van der Waals surface area contributed by atoms with Crippen molar-refractivity contribution in [1.82, 2.24) is 0 Å². The van der Waals surface area contributed by atoms with E-state index in [1.807, 2.05) is 6.07 Å². The van der Waals surface area contributed by atoms with Crippen molar-refractivity contribution >= 4 is 23.2 Å². The number of nitrogens with zero attached hydrogens (tertiary/aromatic N) is 2. The molecule has 2 aromatic carbocycles. The number of para-hydroxylation sites is 1. The maximum absolute atomic E-state index is 12.3. The molecule has 0 spiro atoms. The molecule has 0 bridgehead atoms. The van der Waals surface area contributed by atoms with Gasteiger partial charge in [0.25, 0.3) is 0 Å². The van der Waals surface area contributed by atoms with Gasteiger partial charge in [-0.3, -0.25) is 9.59 Å². The number of amides is 2. The number of nitriles is 1. The van der Waals surface area contributed by atoms with Gasteiger partial charge in [0.05, 0.1) is 31.2 Å². The predicted octanol–water partition coefficient (Wildman–Crippen LogP) is 2.96. The lowest BCUT2D eigenvalue weighted by molar-refractivity contribution is -0.117. The molecule has 0 heterocycles. The van der Waals surface area contributed by atoms with Gasteiger partial charge in [-0.1, -0.05) is 12.1 Å². The van der Waals surface area contributed by atoms with Crippen molar-refractivity contribution < 1.29 is 19.1 Å². The number of hydrogen-bond acceptors (Lipinski definition) is 5. The van der Waals surface area contributed by atoms with Crippen LogP contribution >= 0.6 is 0 Å². The summed E-state index contributed by atoms with van der Waals surface area (Å²) in [6.07, 6.45) is 0.0553. The fraction of sp³-hybridized carbons (Fsp3) is 0.250. The maximum atomic E-state index is 12.3. The van der Waals surface area contributed by atoms with E-state index in [9.17, 15) is 9.59 Å². The zero-order valence-electron chi connectivity index (χ0n) is 15.5. The minimum Gasteiger partial charge on any atom is -0.497 e. The van der Waals surface area contributed by atoms with E-state index in [1.165, 1.54) is 26.0 Å². The third-order valence-corrected chi connectivity index (χ3v) is 3.94. The SMILES string of the molecule is COc1ccc(OC)c(N(CCC(=O)Nc2ccccc2C#N)C(C)=O)c1. The molecule has 27 heavy (non-hydrogen) atoms. The highest BCUT2D eigenvalue weighted by Crippen LogP contribution is 2.32. The van der Waals surface area contributed by atoms with Crippen molar-refractivity contribution in [2.45, 2.75) is 13.3 Å². The highest BCUT2D eigenvalue weighted by molar-refractivity contribution is 5.96. The minimum atomic E-state index is -0.300. The smallest absolute Gasteiger partial charge is 0.226 e. The van der Waals surface area contributed by atoms with E-state index in [0.717, 1.165) is 0 Å². The Bertz CT molecular complexity index is 874. The molecule has 0 atom stereocenters. The van der Waals surface area contributed by atoms with Crippen LogP contribution in [0.25, 0.3) is 0 Å². The zero-order chi connectivity index (χ0) is 19.8. The van der Waals surface area contributed by atoms with Gasteiger partial charge in [0.15, 0.2) is 0 Å². The summed E-state index contributed by atoms with van der Waals surface area (Å²) in [6.45, 7) is 1.57. The van der Waals surface area contributed by atoms with E-state index >= 15 is 0 Å². The van der Waals surface area contributed by atoms with Gasteiger partial charge < -0.3 is 19.7 Å². The number of nitrogens with one attached hydrogen (secondary N) is 1. The van der Waals surface area contributed by atoms with Gasteiger partial charge >= 0.3 is 0 Å². The molecule has 140 valence electrons. The standard InChI is InChI=1S/C20H21N3O4/c1-14(24)23(18-12-16(26-2)8-9-19(18)27-3)11-10-20(25)22-17-7-5-4-6-15(17)13-21/h4-9,12H,10-11H2,1-3H3,(H,22,25). The van der Waals surface area contributed by atoms with Gasteiger partial charge in [-0.25, -0.2) is 0 Å². The number of anilines is 2. The Morgan fingerprint density at radius 1 is 1.15 bits per heavy atom. The number of hydrogen-bond donors (Lipinski definition) is 1. The molecule has 0 aromatic heterocycles. The largest absolute Gasteiger partial charge is 0.497 e.